The van der Waals surface area contributed by atoms with Crippen LogP contribution in [-0.2, 0) is 16.4 Å². The third-order valence-corrected chi connectivity index (χ3v) is 4.92. The Kier molecular flexibility index (Phi) is 2.99. The minimum absolute atomic E-state index is 0.0434. The van der Waals surface area contributed by atoms with Crippen molar-refractivity contribution in [2.75, 3.05) is 5.75 Å². The lowest BCUT2D eigenvalue weighted by atomic mass is 10.1. The molecule has 1 aliphatic carbocycles. The van der Waals surface area contributed by atoms with Crippen LogP contribution in [0.1, 0.15) is 29.9 Å². The van der Waals surface area contributed by atoms with Crippen molar-refractivity contribution in [2.45, 2.75) is 31.3 Å². The summed E-state index contributed by atoms with van der Waals surface area (Å²) in [5.74, 6) is 0.975. The number of hydrogen-bond donors (Lipinski definition) is 1. The van der Waals surface area contributed by atoms with Crippen molar-refractivity contribution in [1.29, 1.82) is 0 Å². The molecule has 0 radical (unpaired) electrons. The molecule has 3 nitrogen and oxygen atoms in total. The van der Waals surface area contributed by atoms with E-state index in [1.54, 1.807) is 6.08 Å². The molecule has 1 aliphatic heterocycles. The maximum Gasteiger partial charge on any atom is 0.173 e. The second-order valence-corrected chi connectivity index (χ2v) is 7.09. The molecule has 1 unspecified atom stereocenters. The summed E-state index contributed by atoms with van der Waals surface area (Å²) in [7, 11) is -2.95. The van der Waals surface area contributed by atoms with Gasteiger partial charge in [0.25, 0.3) is 0 Å². The largest absolute Gasteiger partial charge is 0.305 e. The molecule has 1 heterocycles. The normalized spacial score (nSPS) is 25.4. The van der Waals surface area contributed by atoms with Crippen molar-refractivity contribution in [1.82, 2.24) is 5.32 Å². The Balaban J connectivity index is 1.55. The van der Waals surface area contributed by atoms with Gasteiger partial charge in [-0.1, -0.05) is 30.3 Å². The Morgan fingerprint density at radius 2 is 1.89 bits per heavy atom. The lowest BCUT2D eigenvalue weighted by Crippen LogP contribution is -2.29. The molecule has 1 aromatic rings. The highest BCUT2D eigenvalue weighted by Gasteiger charge is 2.23. The minimum atomic E-state index is -2.95. The summed E-state index contributed by atoms with van der Waals surface area (Å²) in [5.41, 5.74) is 2.64. The summed E-state index contributed by atoms with van der Waals surface area (Å²) in [6.45, 7) is 0.718. The average molecular weight is 263 g/mol. The first-order valence-electron chi connectivity index (χ1n) is 6.35. The SMILES string of the molecule is O=S1(=O)C=CC(NCc2ccc(C3CC3)cc2)C1. The first kappa shape index (κ1) is 11.9. The molecule has 0 aromatic heterocycles. The molecular weight excluding hydrogens is 246 g/mol. The van der Waals surface area contributed by atoms with Crippen LogP contribution in [0.3, 0.4) is 0 Å². The van der Waals surface area contributed by atoms with Gasteiger partial charge in [0.05, 0.1) is 5.75 Å². The monoisotopic (exact) mass is 263 g/mol. The third-order valence-electron chi connectivity index (χ3n) is 3.53. The average Bonchev–Trinajstić information content (AvgIpc) is 3.13. The fraction of sp³-hybridized carbons (Fsp3) is 0.429. The predicted octanol–water partition coefficient (Wildman–Crippen LogP) is 1.96. The molecule has 18 heavy (non-hydrogen) atoms. The van der Waals surface area contributed by atoms with Gasteiger partial charge in [-0.05, 0) is 29.9 Å². The van der Waals surface area contributed by atoms with Crippen molar-refractivity contribution in [3.05, 3.63) is 46.9 Å². The van der Waals surface area contributed by atoms with Crippen molar-refractivity contribution in [3.63, 3.8) is 0 Å². The highest BCUT2D eigenvalue weighted by Crippen LogP contribution is 2.39. The van der Waals surface area contributed by atoms with Gasteiger partial charge < -0.3 is 5.32 Å². The molecule has 1 N–H and O–H groups in total. The highest BCUT2D eigenvalue weighted by atomic mass is 32.2. The maximum atomic E-state index is 11.3. The Morgan fingerprint density at radius 3 is 2.44 bits per heavy atom. The van der Waals surface area contributed by atoms with Gasteiger partial charge >= 0.3 is 0 Å². The second kappa shape index (κ2) is 4.52. The van der Waals surface area contributed by atoms with Crippen LogP contribution < -0.4 is 5.32 Å². The van der Waals surface area contributed by atoms with E-state index < -0.39 is 9.84 Å². The highest BCUT2D eigenvalue weighted by molar-refractivity contribution is 7.94. The van der Waals surface area contributed by atoms with Crippen molar-refractivity contribution in [2.24, 2.45) is 0 Å². The molecular formula is C14H17NO2S. The van der Waals surface area contributed by atoms with Crippen LogP contribution in [0.5, 0.6) is 0 Å². The Hall–Kier alpha value is -1.13. The van der Waals surface area contributed by atoms with E-state index >= 15 is 0 Å². The maximum absolute atomic E-state index is 11.3. The molecule has 1 saturated carbocycles. The van der Waals surface area contributed by atoms with Crippen LogP contribution in [0.2, 0.25) is 0 Å². The Morgan fingerprint density at radius 1 is 1.17 bits per heavy atom. The van der Waals surface area contributed by atoms with Gasteiger partial charge in [0, 0.05) is 18.0 Å². The second-order valence-electron chi connectivity index (χ2n) is 5.16. The van der Waals surface area contributed by atoms with E-state index in [2.05, 4.69) is 29.6 Å². The number of hydrogen-bond acceptors (Lipinski definition) is 3. The van der Waals surface area contributed by atoms with Crippen LogP contribution in [0.4, 0.5) is 0 Å². The molecule has 0 saturated heterocycles. The summed E-state index contributed by atoms with van der Waals surface area (Å²) in [6, 6.07) is 8.60. The molecule has 0 bridgehead atoms. The lowest BCUT2D eigenvalue weighted by molar-refractivity contribution is 0.590. The number of rotatable bonds is 4. The first-order valence-corrected chi connectivity index (χ1v) is 8.07. The van der Waals surface area contributed by atoms with Crippen LogP contribution in [0, 0.1) is 0 Å². The molecule has 0 spiro atoms. The summed E-state index contributed by atoms with van der Waals surface area (Å²) < 4.78 is 22.5. The number of sulfone groups is 1. The smallest absolute Gasteiger partial charge is 0.173 e. The Bertz CT molecular complexity index is 556. The van der Waals surface area contributed by atoms with E-state index in [1.807, 2.05) is 0 Å². The summed E-state index contributed by atoms with van der Waals surface area (Å²) in [5, 5.41) is 4.56. The zero-order chi connectivity index (χ0) is 12.6. The molecule has 96 valence electrons. The van der Waals surface area contributed by atoms with Gasteiger partial charge in [0.15, 0.2) is 9.84 Å². The number of nitrogens with one attached hydrogen (secondary N) is 1. The molecule has 3 rings (SSSR count). The molecule has 2 aliphatic rings. The molecule has 1 atom stereocenters. The predicted molar refractivity (Wildman–Crippen MR) is 72.0 cm³/mol. The van der Waals surface area contributed by atoms with E-state index in [1.165, 1.54) is 29.4 Å². The standard InChI is InChI=1S/C14H17NO2S/c16-18(17)8-7-14(10-18)15-9-11-1-3-12(4-2-11)13-5-6-13/h1-4,7-8,13-15H,5-6,9-10H2. The molecule has 0 amide bonds. The van der Waals surface area contributed by atoms with Gasteiger partial charge in [-0.2, -0.15) is 0 Å². The van der Waals surface area contributed by atoms with Gasteiger partial charge in [0.1, 0.15) is 0 Å². The third kappa shape index (κ3) is 2.82. The van der Waals surface area contributed by atoms with Gasteiger partial charge in [-0.3, -0.25) is 0 Å². The minimum Gasteiger partial charge on any atom is -0.305 e. The van der Waals surface area contributed by atoms with E-state index in [4.69, 9.17) is 0 Å². The lowest BCUT2D eigenvalue weighted by Gasteiger charge is -2.10. The fourth-order valence-corrected chi connectivity index (χ4v) is 3.55. The van der Waals surface area contributed by atoms with E-state index in [0.29, 0.717) is 0 Å². The molecule has 1 aromatic carbocycles. The van der Waals surface area contributed by atoms with Crippen LogP contribution in [0.15, 0.2) is 35.7 Å². The summed E-state index contributed by atoms with van der Waals surface area (Å²) in [6.07, 6.45) is 4.37. The van der Waals surface area contributed by atoms with E-state index in [0.717, 1.165) is 12.5 Å². The van der Waals surface area contributed by atoms with Crippen LogP contribution >= 0.6 is 0 Å². The van der Waals surface area contributed by atoms with Crippen molar-refractivity contribution in [3.8, 4) is 0 Å². The van der Waals surface area contributed by atoms with Crippen LogP contribution in [0.25, 0.3) is 0 Å². The zero-order valence-corrected chi connectivity index (χ0v) is 11.0. The summed E-state index contributed by atoms with van der Waals surface area (Å²) >= 11 is 0. The fourth-order valence-electron chi connectivity index (χ4n) is 2.28. The summed E-state index contributed by atoms with van der Waals surface area (Å²) in [4.78, 5) is 0. The molecule has 1 fully saturated rings. The van der Waals surface area contributed by atoms with Crippen LogP contribution in [-0.4, -0.2) is 20.2 Å². The van der Waals surface area contributed by atoms with E-state index in [9.17, 15) is 8.42 Å². The van der Waals surface area contributed by atoms with E-state index in [-0.39, 0.29) is 11.8 Å². The number of benzene rings is 1. The van der Waals surface area contributed by atoms with Gasteiger partial charge in [0.2, 0.25) is 0 Å². The van der Waals surface area contributed by atoms with Crippen molar-refractivity contribution >= 4 is 9.84 Å². The van der Waals surface area contributed by atoms with Crippen molar-refractivity contribution < 1.29 is 8.42 Å². The quantitative estimate of drug-likeness (QED) is 0.903. The first-order chi connectivity index (χ1) is 8.62. The zero-order valence-electron chi connectivity index (χ0n) is 10.2. The van der Waals surface area contributed by atoms with Gasteiger partial charge in [-0.25, -0.2) is 8.42 Å². The molecule has 4 heteroatoms. The van der Waals surface area contributed by atoms with Gasteiger partial charge in [-0.15, -0.1) is 0 Å². The Labute approximate surface area is 108 Å². The topological polar surface area (TPSA) is 46.2 Å².